The molecule has 1 aromatic carbocycles. The molecule has 0 spiro atoms. The predicted molar refractivity (Wildman–Crippen MR) is 91.2 cm³/mol. The molecule has 0 amide bonds. The summed E-state index contributed by atoms with van der Waals surface area (Å²) in [5.74, 6) is 0.991. The van der Waals surface area contributed by atoms with Crippen LogP contribution in [0.4, 0.5) is 0 Å². The number of unbranched alkanes of at least 4 members (excludes halogenated alkanes) is 1. The fourth-order valence-electron chi connectivity index (χ4n) is 2.19. The zero-order chi connectivity index (χ0) is 15.3. The van der Waals surface area contributed by atoms with Crippen LogP contribution >= 0.6 is 35.0 Å². The highest BCUT2D eigenvalue weighted by Crippen LogP contribution is 2.31. The van der Waals surface area contributed by atoms with Crippen LogP contribution in [-0.4, -0.2) is 17.3 Å². The van der Waals surface area contributed by atoms with Gasteiger partial charge < -0.3 is 0 Å². The first-order chi connectivity index (χ1) is 10.0. The van der Waals surface area contributed by atoms with Crippen LogP contribution in [0.2, 0.25) is 10.0 Å². The fraction of sp³-hybridized carbons (Fsp3) is 0.562. The first kappa shape index (κ1) is 17.0. The molecule has 2 nitrogen and oxygen atoms in total. The second-order valence-electron chi connectivity index (χ2n) is 5.74. The summed E-state index contributed by atoms with van der Waals surface area (Å²) in [4.78, 5) is 1.03. The zero-order valence-corrected chi connectivity index (χ0v) is 14.5. The van der Waals surface area contributed by atoms with Crippen LogP contribution in [0.25, 0.3) is 0 Å². The molecule has 0 radical (unpaired) electrons. The predicted octanol–water partition coefficient (Wildman–Crippen LogP) is 5.29. The molecule has 0 saturated heterocycles. The molecule has 114 valence electrons. The lowest BCUT2D eigenvalue weighted by Gasteiger charge is -2.23. The number of rotatable bonds is 8. The minimum Gasteiger partial charge on any atom is -0.297 e. The van der Waals surface area contributed by atoms with Crippen molar-refractivity contribution in [2.45, 2.75) is 55.5 Å². The number of benzene rings is 1. The average Bonchev–Trinajstić information content (AvgIpc) is 3.26. The van der Waals surface area contributed by atoms with E-state index in [1.54, 1.807) is 17.8 Å². The van der Waals surface area contributed by atoms with Gasteiger partial charge in [-0.1, -0.05) is 23.2 Å². The van der Waals surface area contributed by atoms with E-state index < -0.39 is 0 Å². The molecule has 1 fully saturated rings. The molecule has 5 heteroatoms. The van der Waals surface area contributed by atoms with Gasteiger partial charge in [-0.2, -0.15) is 5.26 Å². The Bertz CT molecular complexity index is 525. The molecule has 0 heterocycles. The largest absolute Gasteiger partial charge is 0.297 e. The molecule has 1 saturated carbocycles. The summed E-state index contributed by atoms with van der Waals surface area (Å²) < 4.78 is 0. The molecule has 1 aliphatic rings. The van der Waals surface area contributed by atoms with Gasteiger partial charge in [0.15, 0.2) is 0 Å². The minimum atomic E-state index is -0.375. The van der Waals surface area contributed by atoms with Crippen molar-refractivity contribution < 1.29 is 0 Å². The van der Waals surface area contributed by atoms with E-state index in [4.69, 9.17) is 23.2 Å². The van der Waals surface area contributed by atoms with Crippen molar-refractivity contribution in [1.82, 2.24) is 5.32 Å². The molecule has 1 N–H and O–H groups in total. The van der Waals surface area contributed by atoms with Gasteiger partial charge in [-0.25, -0.2) is 0 Å². The third-order valence-corrected chi connectivity index (χ3v) is 5.39. The summed E-state index contributed by atoms with van der Waals surface area (Å²) in [7, 11) is 0. The summed E-state index contributed by atoms with van der Waals surface area (Å²) in [6.45, 7) is 2.01. The van der Waals surface area contributed by atoms with Crippen LogP contribution in [-0.2, 0) is 0 Å². The van der Waals surface area contributed by atoms with Crippen LogP contribution in [0.15, 0.2) is 23.1 Å². The van der Waals surface area contributed by atoms with E-state index in [0.29, 0.717) is 11.1 Å². The van der Waals surface area contributed by atoms with Gasteiger partial charge in [0.2, 0.25) is 0 Å². The Morgan fingerprint density at radius 1 is 1.38 bits per heavy atom. The van der Waals surface area contributed by atoms with Crippen molar-refractivity contribution in [2.24, 2.45) is 0 Å². The molecule has 0 aliphatic heterocycles. The van der Waals surface area contributed by atoms with E-state index in [2.05, 4.69) is 11.4 Å². The molecule has 2 rings (SSSR count). The summed E-state index contributed by atoms with van der Waals surface area (Å²) in [6.07, 6.45) is 5.41. The van der Waals surface area contributed by atoms with Crippen molar-refractivity contribution >= 4 is 35.0 Å². The second-order valence-corrected chi connectivity index (χ2v) is 7.72. The Labute approximate surface area is 141 Å². The molecule has 21 heavy (non-hydrogen) atoms. The van der Waals surface area contributed by atoms with Gasteiger partial charge in [0.05, 0.1) is 11.1 Å². The van der Waals surface area contributed by atoms with Crippen molar-refractivity contribution in [2.75, 3.05) is 5.75 Å². The van der Waals surface area contributed by atoms with Crippen LogP contribution in [0.1, 0.15) is 39.0 Å². The Morgan fingerprint density at radius 3 is 2.81 bits per heavy atom. The number of halogens is 2. The van der Waals surface area contributed by atoms with Crippen LogP contribution in [0.3, 0.4) is 0 Å². The molecular weight excluding hydrogens is 323 g/mol. The Morgan fingerprint density at radius 2 is 2.14 bits per heavy atom. The monoisotopic (exact) mass is 342 g/mol. The molecular formula is C16H20Cl2N2S. The van der Waals surface area contributed by atoms with Gasteiger partial charge in [-0.05, 0) is 63.0 Å². The lowest BCUT2D eigenvalue weighted by Crippen LogP contribution is -2.42. The first-order valence-electron chi connectivity index (χ1n) is 7.29. The number of nitrogens with zero attached hydrogens (tertiary/aromatic N) is 1. The van der Waals surface area contributed by atoms with E-state index in [1.807, 2.05) is 19.1 Å². The normalized spacial score (nSPS) is 17.2. The number of nitrogens with one attached hydrogen (secondary N) is 1. The Kier molecular flexibility index (Phi) is 6.25. The number of nitriles is 1. The van der Waals surface area contributed by atoms with Crippen LogP contribution in [0.5, 0.6) is 0 Å². The Balaban J connectivity index is 1.69. The number of thioether (sulfide) groups is 1. The highest BCUT2D eigenvalue weighted by molar-refractivity contribution is 7.99. The quantitative estimate of drug-likeness (QED) is 0.515. The van der Waals surface area contributed by atoms with Gasteiger partial charge in [0.25, 0.3) is 0 Å². The molecule has 1 atom stereocenters. The lowest BCUT2D eigenvalue weighted by molar-refractivity contribution is 0.402. The maximum absolute atomic E-state index is 9.31. The highest BCUT2D eigenvalue weighted by Gasteiger charge is 2.31. The number of hydrogen-bond acceptors (Lipinski definition) is 3. The maximum atomic E-state index is 9.31. The summed E-state index contributed by atoms with van der Waals surface area (Å²) in [5.41, 5.74) is -0.375. The van der Waals surface area contributed by atoms with Gasteiger partial charge in [-0.15, -0.1) is 11.8 Å². The van der Waals surface area contributed by atoms with E-state index in [-0.39, 0.29) is 5.54 Å². The van der Waals surface area contributed by atoms with E-state index in [1.165, 1.54) is 12.8 Å². The fourth-order valence-corrected chi connectivity index (χ4v) is 3.69. The van der Waals surface area contributed by atoms with E-state index >= 15 is 0 Å². The molecule has 0 bridgehead atoms. The van der Waals surface area contributed by atoms with Gasteiger partial charge in [0, 0.05) is 16.0 Å². The average molecular weight is 343 g/mol. The lowest BCUT2D eigenvalue weighted by atomic mass is 9.96. The van der Waals surface area contributed by atoms with Crippen LogP contribution < -0.4 is 5.32 Å². The second kappa shape index (κ2) is 7.74. The smallest absolute Gasteiger partial charge is 0.104 e. The van der Waals surface area contributed by atoms with E-state index in [9.17, 15) is 5.26 Å². The third-order valence-electron chi connectivity index (χ3n) is 3.57. The summed E-state index contributed by atoms with van der Waals surface area (Å²) in [6, 6.07) is 8.52. The van der Waals surface area contributed by atoms with Crippen molar-refractivity contribution in [3.8, 4) is 6.07 Å². The first-order valence-corrected chi connectivity index (χ1v) is 9.03. The third kappa shape index (κ3) is 5.71. The SMILES string of the molecule is CC(C#N)(CCCCSc1cc(Cl)ccc1Cl)NC1CC1. The standard InChI is InChI=1S/C16H20Cl2N2S/c1-16(11-19,20-13-5-6-13)8-2-3-9-21-15-10-12(17)4-7-14(15)18/h4,7,10,13,20H,2-3,5-6,8-9H2,1H3. The molecule has 1 unspecified atom stereocenters. The van der Waals surface area contributed by atoms with Crippen LogP contribution in [0, 0.1) is 11.3 Å². The van der Waals surface area contributed by atoms with Crippen molar-refractivity contribution in [1.29, 1.82) is 5.26 Å². The zero-order valence-electron chi connectivity index (χ0n) is 12.2. The molecule has 1 aliphatic carbocycles. The highest BCUT2D eigenvalue weighted by atomic mass is 35.5. The van der Waals surface area contributed by atoms with E-state index in [0.717, 1.165) is 34.9 Å². The molecule has 1 aromatic rings. The molecule has 0 aromatic heterocycles. The Hall–Kier alpha value is -0.400. The minimum absolute atomic E-state index is 0.375. The summed E-state index contributed by atoms with van der Waals surface area (Å²) >= 11 is 13.8. The number of hydrogen-bond donors (Lipinski definition) is 1. The van der Waals surface area contributed by atoms with Crippen molar-refractivity contribution in [3.05, 3.63) is 28.2 Å². The van der Waals surface area contributed by atoms with Gasteiger partial charge >= 0.3 is 0 Å². The topological polar surface area (TPSA) is 35.8 Å². The van der Waals surface area contributed by atoms with Crippen molar-refractivity contribution in [3.63, 3.8) is 0 Å². The summed E-state index contributed by atoms with van der Waals surface area (Å²) in [5, 5.41) is 14.2. The van der Waals surface area contributed by atoms with Gasteiger partial charge in [0.1, 0.15) is 5.54 Å². The maximum Gasteiger partial charge on any atom is 0.104 e. The van der Waals surface area contributed by atoms with Gasteiger partial charge in [-0.3, -0.25) is 5.32 Å².